The summed E-state index contributed by atoms with van der Waals surface area (Å²) in [6.07, 6.45) is 3.53. The number of aromatic nitrogens is 1. The van der Waals surface area contributed by atoms with Crippen LogP contribution in [0.15, 0.2) is 35.2 Å². The van der Waals surface area contributed by atoms with E-state index >= 15 is 0 Å². The molecule has 156 valence electrons. The number of methoxy groups -OCH3 is 1. The molecule has 2 unspecified atom stereocenters. The number of nitrogens with one attached hydrogen (secondary N) is 2. The molecule has 1 amide bonds. The fourth-order valence-corrected chi connectivity index (χ4v) is 3.16. The first-order chi connectivity index (χ1) is 13.4. The molecule has 28 heavy (non-hydrogen) atoms. The van der Waals surface area contributed by atoms with Crippen LogP contribution in [0.2, 0.25) is 0 Å². The van der Waals surface area contributed by atoms with Gasteiger partial charge in [0.25, 0.3) is 0 Å². The Morgan fingerprint density at radius 2 is 2.04 bits per heavy atom. The predicted molar refractivity (Wildman–Crippen MR) is 114 cm³/mol. The molecule has 0 saturated heterocycles. The van der Waals surface area contributed by atoms with Crippen molar-refractivity contribution in [3.63, 3.8) is 0 Å². The average molecular weight is 410 g/mol. The quantitative estimate of drug-likeness (QED) is 0.653. The highest BCUT2D eigenvalue weighted by molar-refractivity contribution is 7.83. The van der Waals surface area contributed by atoms with Gasteiger partial charge in [0.1, 0.15) is 5.75 Å². The second-order valence-corrected chi connectivity index (χ2v) is 7.71. The molecule has 0 bridgehead atoms. The van der Waals surface area contributed by atoms with Gasteiger partial charge in [0.05, 0.1) is 35.9 Å². The van der Waals surface area contributed by atoms with Crippen molar-refractivity contribution in [2.24, 2.45) is 5.92 Å². The van der Waals surface area contributed by atoms with E-state index in [2.05, 4.69) is 15.0 Å². The molecule has 0 aliphatic carbocycles. The summed E-state index contributed by atoms with van der Waals surface area (Å²) >= 11 is 0. The van der Waals surface area contributed by atoms with Crippen molar-refractivity contribution in [2.45, 2.75) is 47.1 Å². The number of oxazole rings is 1. The van der Waals surface area contributed by atoms with Crippen molar-refractivity contribution in [2.75, 3.05) is 18.2 Å². The minimum atomic E-state index is -1.24. The summed E-state index contributed by atoms with van der Waals surface area (Å²) in [6.45, 7) is 9.85. The molecule has 2 N–H and O–H groups in total. The van der Waals surface area contributed by atoms with Gasteiger partial charge in [0, 0.05) is 17.5 Å². The van der Waals surface area contributed by atoms with Gasteiger partial charge in [-0.2, -0.15) is 0 Å². The molecule has 7 nitrogen and oxygen atoms in total. The van der Waals surface area contributed by atoms with Crippen LogP contribution < -0.4 is 14.8 Å². The Bertz CT molecular complexity index is 748. The Kier molecular flexibility index (Phi) is 10.5. The van der Waals surface area contributed by atoms with E-state index in [-0.39, 0.29) is 11.8 Å². The highest BCUT2D eigenvalue weighted by Gasteiger charge is 2.22. The largest absolute Gasteiger partial charge is 0.496 e. The zero-order chi connectivity index (χ0) is 21.1. The summed E-state index contributed by atoms with van der Waals surface area (Å²) < 4.78 is 25.4. The summed E-state index contributed by atoms with van der Waals surface area (Å²) in [4.78, 5) is 16.5. The third kappa shape index (κ3) is 7.09. The van der Waals surface area contributed by atoms with Crippen molar-refractivity contribution in [1.82, 2.24) is 9.71 Å². The molecular formula is C20H31N3O4S. The van der Waals surface area contributed by atoms with Crippen LogP contribution >= 0.6 is 0 Å². The molecular weight excluding hydrogens is 378 g/mol. The molecule has 0 spiro atoms. The number of carbonyl (C=O) groups excluding carboxylic acids is 1. The minimum Gasteiger partial charge on any atom is -0.496 e. The average Bonchev–Trinajstić information content (AvgIpc) is 3.23. The fourth-order valence-electron chi connectivity index (χ4n) is 2.47. The molecule has 1 heterocycles. The van der Waals surface area contributed by atoms with Crippen LogP contribution in [0.1, 0.15) is 41.0 Å². The molecule has 8 heteroatoms. The molecule has 2 aromatic rings. The summed E-state index contributed by atoms with van der Waals surface area (Å²) in [6, 6.07) is 4.75. The topological polar surface area (TPSA) is 93.5 Å². The van der Waals surface area contributed by atoms with Gasteiger partial charge in [-0.05, 0) is 24.5 Å². The summed E-state index contributed by atoms with van der Waals surface area (Å²) in [5, 5.41) is 2.86. The normalized spacial score (nSPS) is 12.7. The van der Waals surface area contributed by atoms with Crippen LogP contribution in [-0.2, 0) is 15.8 Å². The van der Waals surface area contributed by atoms with Crippen LogP contribution in [0.25, 0.3) is 11.3 Å². The molecule has 0 aliphatic heterocycles. The number of anilines is 1. The smallest absolute Gasteiger partial charge is 0.242 e. The van der Waals surface area contributed by atoms with E-state index in [0.29, 0.717) is 29.4 Å². The van der Waals surface area contributed by atoms with Crippen molar-refractivity contribution >= 4 is 22.6 Å². The van der Waals surface area contributed by atoms with Crippen molar-refractivity contribution in [3.05, 3.63) is 30.8 Å². The number of hydrogen-bond acceptors (Lipinski definition) is 5. The van der Waals surface area contributed by atoms with Gasteiger partial charge >= 0.3 is 0 Å². The zero-order valence-corrected chi connectivity index (χ0v) is 18.3. The van der Waals surface area contributed by atoms with Crippen LogP contribution in [0.4, 0.5) is 5.69 Å². The van der Waals surface area contributed by atoms with E-state index in [0.717, 1.165) is 5.56 Å². The number of hydrogen-bond donors (Lipinski definition) is 2. The van der Waals surface area contributed by atoms with Crippen LogP contribution in [0.3, 0.4) is 0 Å². The predicted octanol–water partition coefficient (Wildman–Crippen LogP) is 4.00. The molecule has 0 radical (unpaired) electrons. The molecule has 1 aromatic carbocycles. The lowest BCUT2D eigenvalue weighted by molar-refractivity contribution is -0.118. The Balaban J connectivity index is 0.00000190. The second kappa shape index (κ2) is 12.3. The Morgan fingerprint density at radius 3 is 2.57 bits per heavy atom. The SMILES string of the molecule is CC.CCS(=O)NC(CC(C)C)C(=O)Nc1ccc(-c2cnco2)c(OC)c1. The highest BCUT2D eigenvalue weighted by atomic mass is 32.2. The van der Waals surface area contributed by atoms with Gasteiger partial charge in [-0.25, -0.2) is 13.9 Å². The number of ether oxygens (including phenoxy) is 1. The Hall–Kier alpha value is -2.19. The van der Waals surface area contributed by atoms with Gasteiger partial charge in [-0.3, -0.25) is 4.79 Å². The molecule has 0 fully saturated rings. The fraction of sp³-hybridized carbons (Fsp3) is 0.500. The van der Waals surface area contributed by atoms with E-state index in [1.54, 1.807) is 38.4 Å². The highest BCUT2D eigenvalue weighted by Crippen LogP contribution is 2.32. The first-order valence-electron chi connectivity index (χ1n) is 9.46. The van der Waals surface area contributed by atoms with Crippen molar-refractivity contribution in [1.29, 1.82) is 0 Å². The van der Waals surface area contributed by atoms with Crippen molar-refractivity contribution < 1.29 is 18.2 Å². The number of benzene rings is 1. The summed E-state index contributed by atoms with van der Waals surface area (Å²) in [5.74, 6) is 1.65. The van der Waals surface area contributed by atoms with Crippen LogP contribution in [0, 0.1) is 5.92 Å². The maximum atomic E-state index is 12.6. The Labute approximate surface area is 169 Å². The standard InChI is InChI=1S/C18H25N3O4S.C2H6/c1-5-26(23)21-15(8-12(2)3)18(22)20-13-6-7-14(16(9-13)24-4)17-10-19-11-25-17;1-2/h6-7,9-12,15,21H,5,8H2,1-4H3,(H,20,22);1-2H3. The molecule has 2 rings (SSSR count). The van der Waals surface area contributed by atoms with Gasteiger partial charge < -0.3 is 14.5 Å². The monoisotopic (exact) mass is 409 g/mol. The number of amides is 1. The lowest BCUT2D eigenvalue weighted by Gasteiger charge is -2.19. The van der Waals surface area contributed by atoms with Gasteiger partial charge in [-0.15, -0.1) is 0 Å². The first-order valence-corrected chi connectivity index (χ1v) is 10.8. The van der Waals surface area contributed by atoms with Crippen molar-refractivity contribution in [3.8, 4) is 17.1 Å². The molecule has 2 atom stereocenters. The van der Waals surface area contributed by atoms with E-state index < -0.39 is 17.0 Å². The molecule has 0 aliphatic rings. The molecule has 1 aromatic heterocycles. The van der Waals surface area contributed by atoms with Gasteiger partial charge in [0.15, 0.2) is 12.2 Å². The summed E-state index contributed by atoms with van der Waals surface area (Å²) in [5.41, 5.74) is 1.33. The lowest BCUT2D eigenvalue weighted by atomic mass is 10.0. The summed E-state index contributed by atoms with van der Waals surface area (Å²) in [7, 11) is 0.313. The lowest BCUT2D eigenvalue weighted by Crippen LogP contribution is -2.42. The zero-order valence-electron chi connectivity index (χ0n) is 17.4. The third-order valence-corrected chi connectivity index (χ3v) is 4.80. The molecule has 0 saturated carbocycles. The van der Waals surface area contributed by atoms with E-state index in [9.17, 15) is 9.00 Å². The second-order valence-electron chi connectivity index (χ2n) is 6.20. The van der Waals surface area contributed by atoms with E-state index in [1.807, 2.05) is 27.7 Å². The maximum Gasteiger partial charge on any atom is 0.242 e. The maximum absolute atomic E-state index is 12.6. The third-order valence-electron chi connectivity index (χ3n) is 3.73. The van der Waals surface area contributed by atoms with Gasteiger partial charge in [0.2, 0.25) is 5.91 Å². The minimum absolute atomic E-state index is 0.227. The number of nitrogens with zero attached hydrogens (tertiary/aromatic N) is 1. The van der Waals surface area contributed by atoms with Crippen LogP contribution in [0.5, 0.6) is 5.75 Å². The number of carbonyl (C=O) groups is 1. The number of rotatable bonds is 9. The van der Waals surface area contributed by atoms with Gasteiger partial charge in [-0.1, -0.05) is 34.6 Å². The first kappa shape index (κ1) is 23.8. The van der Waals surface area contributed by atoms with E-state index in [4.69, 9.17) is 9.15 Å². The Morgan fingerprint density at radius 1 is 1.32 bits per heavy atom. The van der Waals surface area contributed by atoms with E-state index in [1.165, 1.54) is 6.39 Å². The van der Waals surface area contributed by atoms with Crippen LogP contribution in [-0.4, -0.2) is 34.0 Å².